The predicted molar refractivity (Wildman–Crippen MR) is 126 cm³/mol. The zero-order valence-corrected chi connectivity index (χ0v) is 18.5. The van der Waals surface area contributed by atoms with Gasteiger partial charge in [0.25, 0.3) is 5.91 Å². The van der Waals surface area contributed by atoms with Crippen molar-refractivity contribution in [2.75, 3.05) is 18.0 Å². The molecule has 1 N–H and O–H groups in total. The minimum atomic E-state index is -0.0701. The van der Waals surface area contributed by atoms with Crippen molar-refractivity contribution in [3.05, 3.63) is 71.5 Å². The van der Waals surface area contributed by atoms with Gasteiger partial charge >= 0.3 is 0 Å². The number of piperidine rings is 1. The van der Waals surface area contributed by atoms with Gasteiger partial charge in [0.05, 0.1) is 12.2 Å². The van der Waals surface area contributed by atoms with Crippen LogP contribution in [0.3, 0.4) is 0 Å². The molecule has 1 atom stereocenters. The second-order valence-electron chi connectivity index (χ2n) is 8.03. The van der Waals surface area contributed by atoms with Crippen molar-refractivity contribution < 1.29 is 4.79 Å². The Balaban J connectivity index is 1.55. The number of hydrogen-bond acceptors (Lipinski definition) is 5. The van der Waals surface area contributed by atoms with E-state index in [0.717, 1.165) is 48.0 Å². The van der Waals surface area contributed by atoms with Crippen LogP contribution < -0.4 is 10.2 Å². The lowest BCUT2D eigenvalue weighted by Gasteiger charge is -2.34. The van der Waals surface area contributed by atoms with Crippen LogP contribution in [0, 0.1) is 0 Å². The van der Waals surface area contributed by atoms with Gasteiger partial charge in [0.15, 0.2) is 0 Å². The van der Waals surface area contributed by atoms with Gasteiger partial charge in [-0.05, 0) is 61.2 Å². The molecule has 0 radical (unpaired) electrons. The van der Waals surface area contributed by atoms with E-state index in [1.165, 1.54) is 0 Å². The summed E-state index contributed by atoms with van der Waals surface area (Å²) in [5, 5.41) is 14.1. The molecule has 0 saturated carbocycles. The summed E-state index contributed by atoms with van der Waals surface area (Å²) in [6.45, 7) is 1.69. The number of rotatable bonds is 4. The monoisotopic (exact) mass is 446 g/mol. The third kappa shape index (κ3) is 3.97. The van der Waals surface area contributed by atoms with Gasteiger partial charge in [-0.1, -0.05) is 28.9 Å². The van der Waals surface area contributed by atoms with Gasteiger partial charge in [-0.2, -0.15) is 0 Å². The number of hydrogen-bond donors (Lipinski definition) is 1. The Bertz CT molecular complexity index is 1260. The normalized spacial score (nSPS) is 16.2. The number of pyridine rings is 1. The highest BCUT2D eigenvalue weighted by molar-refractivity contribution is 6.31. The Morgan fingerprint density at radius 1 is 1.19 bits per heavy atom. The first-order valence-corrected chi connectivity index (χ1v) is 11.0. The van der Waals surface area contributed by atoms with E-state index < -0.39 is 0 Å². The molecule has 1 fully saturated rings. The number of aryl methyl sites for hydroxylation is 1. The smallest absolute Gasteiger partial charge is 0.259 e. The first-order valence-electron chi connectivity index (χ1n) is 10.7. The summed E-state index contributed by atoms with van der Waals surface area (Å²) >= 11 is 6.20. The number of nitrogens with zero attached hydrogens (tertiary/aromatic N) is 5. The van der Waals surface area contributed by atoms with E-state index in [0.29, 0.717) is 16.4 Å². The van der Waals surface area contributed by atoms with Gasteiger partial charge in [-0.15, -0.1) is 5.10 Å². The lowest BCUT2D eigenvalue weighted by atomic mass is 10.0. The number of anilines is 1. The van der Waals surface area contributed by atoms with Crippen molar-refractivity contribution in [2.45, 2.75) is 18.9 Å². The maximum atomic E-state index is 13.8. The highest BCUT2D eigenvalue weighted by atomic mass is 35.5. The number of fused-ring (bicyclic) bond motifs is 1. The SMILES string of the molecule is Cn1cc(-c2ccc(C(=O)N(c3nccc4cc(Cl)ccc34)[C@@H]3CCCNC3)cc2)nn1. The molecule has 162 valence electrons. The third-order valence-corrected chi connectivity index (χ3v) is 6.05. The quantitative estimate of drug-likeness (QED) is 0.511. The van der Waals surface area contributed by atoms with Crippen LogP contribution in [0.15, 0.2) is 60.9 Å². The molecule has 0 unspecified atom stereocenters. The molecule has 1 aliphatic rings. The third-order valence-electron chi connectivity index (χ3n) is 5.82. The standard InChI is InChI=1S/C24H23ClN6O/c1-30-15-22(28-29-30)16-4-6-17(7-5-16)24(32)31(20-3-2-11-26-14-20)23-21-9-8-19(25)13-18(21)10-12-27-23/h4-10,12-13,15,20,26H,2-3,11,14H2,1H3/t20-/m1/s1. The number of amides is 1. The minimum Gasteiger partial charge on any atom is -0.315 e. The molecular formula is C24H23ClN6O. The molecule has 1 amide bonds. The number of halogens is 1. The Kier molecular flexibility index (Phi) is 5.59. The van der Waals surface area contributed by atoms with E-state index >= 15 is 0 Å². The minimum absolute atomic E-state index is 0.0182. The van der Waals surface area contributed by atoms with Crippen LogP contribution >= 0.6 is 11.6 Å². The second-order valence-corrected chi connectivity index (χ2v) is 8.47. The second kappa shape index (κ2) is 8.68. The average molecular weight is 447 g/mol. The molecule has 2 aromatic heterocycles. The molecule has 4 aromatic rings. The van der Waals surface area contributed by atoms with Crippen molar-refractivity contribution in [1.29, 1.82) is 0 Å². The van der Waals surface area contributed by atoms with Crippen LogP contribution in [0.25, 0.3) is 22.0 Å². The summed E-state index contributed by atoms with van der Waals surface area (Å²) in [7, 11) is 1.83. The maximum absolute atomic E-state index is 13.8. The van der Waals surface area contributed by atoms with Crippen LogP contribution in [0.1, 0.15) is 23.2 Å². The van der Waals surface area contributed by atoms with Gasteiger partial charge in [0, 0.05) is 41.3 Å². The van der Waals surface area contributed by atoms with Gasteiger partial charge in [-0.25, -0.2) is 4.98 Å². The van der Waals surface area contributed by atoms with E-state index in [4.69, 9.17) is 11.6 Å². The lowest BCUT2D eigenvalue weighted by molar-refractivity contribution is 0.0972. The predicted octanol–water partition coefficient (Wildman–Crippen LogP) is 4.08. The molecule has 8 heteroatoms. The highest BCUT2D eigenvalue weighted by Gasteiger charge is 2.30. The fraction of sp³-hybridized carbons (Fsp3) is 0.250. The van der Waals surface area contributed by atoms with Crippen LogP contribution in [0.2, 0.25) is 5.02 Å². The van der Waals surface area contributed by atoms with Crippen LogP contribution in [-0.2, 0) is 7.05 Å². The van der Waals surface area contributed by atoms with Crippen LogP contribution in [-0.4, -0.2) is 45.0 Å². The summed E-state index contributed by atoms with van der Waals surface area (Å²) in [4.78, 5) is 20.3. The van der Waals surface area contributed by atoms with E-state index in [9.17, 15) is 4.79 Å². The Morgan fingerprint density at radius 3 is 2.75 bits per heavy atom. The van der Waals surface area contributed by atoms with Gasteiger partial charge in [0.2, 0.25) is 0 Å². The van der Waals surface area contributed by atoms with Crippen molar-refractivity contribution in [3.8, 4) is 11.3 Å². The molecule has 32 heavy (non-hydrogen) atoms. The molecule has 0 spiro atoms. The van der Waals surface area contributed by atoms with Crippen LogP contribution in [0.4, 0.5) is 5.82 Å². The molecule has 0 bridgehead atoms. The summed E-state index contributed by atoms with van der Waals surface area (Å²) in [5.74, 6) is 0.593. The maximum Gasteiger partial charge on any atom is 0.259 e. The van der Waals surface area contributed by atoms with E-state index in [2.05, 4.69) is 20.6 Å². The highest BCUT2D eigenvalue weighted by Crippen LogP contribution is 2.31. The fourth-order valence-corrected chi connectivity index (χ4v) is 4.40. The molecule has 3 heterocycles. The summed E-state index contributed by atoms with van der Waals surface area (Å²) in [6, 6.07) is 15.1. The molecule has 5 rings (SSSR count). The zero-order chi connectivity index (χ0) is 22.1. The molecular weight excluding hydrogens is 424 g/mol. The Labute approximate surface area is 191 Å². The number of aromatic nitrogens is 4. The number of nitrogens with one attached hydrogen (secondary N) is 1. The summed E-state index contributed by atoms with van der Waals surface area (Å²) in [5.41, 5.74) is 2.29. The number of carbonyl (C=O) groups excluding carboxylic acids is 1. The van der Waals surface area contributed by atoms with Crippen molar-refractivity contribution in [1.82, 2.24) is 25.3 Å². The van der Waals surface area contributed by atoms with Gasteiger partial charge < -0.3 is 5.32 Å². The topological polar surface area (TPSA) is 75.9 Å². The molecule has 7 nitrogen and oxygen atoms in total. The van der Waals surface area contributed by atoms with Crippen LogP contribution in [0.5, 0.6) is 0 Å². The number of benzene rings is 2. The summed E-state index contributed by atoms with van der Waals surface area (Å²) < 4.78 is 1.66. The molecule has 1 aliphatic heterocycles. The number of carbonyl (C=O) groups is 1. The van der Waals surface area contributed by atoms with E-state index in [1.54, 1.807) is 10.9 Å². The van der Waals surface area contributed by atoms with E-state index in [-0.39, 0.29) is 11.9 Å². The Hall–Kier alpha value is -3.29. The molecule has 2 aromatic carbocycles. The van der Waals surface area contributed by atoms with Gasteiger partial charge in [-0.3, -0.25) is 14.4 Å². The van der Waals surface area contributed by atoms with Crippen molar-refractivity contribution >= 4 is 34.1 Å². The first kappa shape index (κ1) is 20.6. The summed E-state index contributed by atoms with van der Waals surface area (Å²) in [6.07, 6.45) is 5.52. The van der Waals surface area contributed by atoms with Crippen molar-refractivity contribution in [2.24, 2.45) is 7.05 Å². The first-order chi connectivity index (χ1) is 15.6. The largest absolute Gasteiger partial charge is 0.315 e. The lowest BCUT2D eigenvalue weighted by Crippen LogP contribution is -2.49. The molecule has 1 saturated heterocycles. The zero-order valence-electron chi connectivity index (χ0n) is 17.7. The van der Waals surface area contributed by atoms with Gasteiger partial charge in [0.1, 0.15) is 11.5 Å². The average Bonchev–Trinajstić information content (AvgIpc) is 3.26. The van der Waals surface area contributed by atoms with Crippen molar-refractivity contribution in [3.63, 3.8) is 0 Å². The van der Waals surface area contributed by atoms with E-state index in [1.807, 2.05) is 66.7 Å². The molecule has 0 aliphatic carbocycles. The Morgan fingerprint density at radius 2 is 2.03 bits per heavy atom. The fourth-order valence-electron chi connectivity index (χ4n) is 4.22.